The van der Waals surface area contributed by atoms with Crippen molar-refractivity contribution in [2.75, 3.05) is 5.75 Å². The molecule has 0 radical (unpaired) electrons. The van der Waals surface area contributed by atoms with Crippen molar-refractivity contribution in [3.05, 3.63) is 17.9 Å². The van der Waals surface area contributed by atoms with Crippen LogP contribution < -0.4 is 0 Å². The van der Waals surface area contributed by atoms with Gasteiger partial charge in [-0.2, -0.15) is 0 Å². The normalized spacial score (nSPS) is 11.5. The van der Waals surface area contributed by atoms with Crippen LogP contribution in [0.1, 0.15) is 30.3 Å². The van der Waals surface area contributed by atoms with Gasteiger partial charge in [-0.1, -0.05) is 13.3 Å². The van der Waals surface area contributed by atoms with E-state index in [4.69, 9.17) is 9.52 Å². The van der Waals surface area contributed by atoms with Gasteiger partial charge in [0.15, 0.2) is 0 Å². The van der Waals surface area contributed by atoms with Gasteiger partial charge in [0.25, 0.3) is 0 Å². The molecule has 0 fully saturated rings. The Morgan fingerprint density at radius 3 is 2.60 bits per heavy atom. The van der Waals surface area contributed by atoms with E-state index in [1.165, 1.54) is 6.07 Å². The van der Waals surface area contributed by atoms with Crippen molar-refractivity contribution in [3.63, 3.8) is 0 Å². The third kappa shape index (κ3) is 2.82. The second-order valence-electron chi connectivity index (χ2n) is 3.10. The average molecular weight is 232 g/mol. The predicted octanol–water partition coefficient (Wildman–Crippen LogP) is 1.55. The number of hydrogen-bond acceptors (Lipinski definition) is 4. The van der Waals surface area contributed by atoms with Crippen molar-refractivity contribution < 1.29 is 22.7 Å². The highest BCUT2D eigenvalue weighted by Gasteiger charge is 2.20. The molecule has 0 aliphatic rings. The third-order valence-corrected chi connectivity index (χ3v) is 3.52. The molecule has 0 bridgehead atoms. The summed E-state index contributed by atoms with van der Waals surface area (Å²) in [5, 5.41) is 8.28. The van der Waals surface area contributed by atoms with Gasteiger partial charge < -0.3 is 9.52 Å². The number of hydrogen-bond donors (Lipinski definition) is 1. The maximum absolute atomic E-state index is 11.5. The molecular weight excluding hydrogens is 220 g/mol. The molecule has 0 aliphatic heterocycles. The minimum absolute atomic E-state index is 0.0178. The van der Waals surface area contributed by atoms with E-state index in [0.29, 0.717) is 6.42 Å². The van der Waals surface area contributed by atoms with Gasteiger partial charge in [-0.15, -0.1) is 0 Å². The van der Waals surface area contributed by atoms with Crippen LogP contribution in [0.4, 0.5) is 0 Å². The van der Waals surface area contributed by atoms with Crippen LogP contribution in [-0.2, 0) is 9.84 Å². The summed E-state index contributed by atoms with van der Waals surface area (Å²) in [6.45, 7) is 1.88. The van der Waals surface area contributed by atoms with E-state index in [1.807, 2.05) is 6.92 Å². The number of carbonyl (C=O) groups is 1. The van der Waals surface area contributed by atoms with Crippen LogP contribution in [0, 0.1) is 0 Å². The number of unbranched alkanes of at least 4 members (excludes halogenated alkanes) is 1. The van der Waals surface area contributed by atoms with Crippen molar-refractivity contribution >= 4 is 15.8 Å². The van der Waals surface area contributed by atoms with E-state index >= 15 is 0 Å². The molecule has 5 nitrogen and oxygen atoms in total. The molecule has 0 saturated carbocycles. The number of carboxylic acids is 1. The zero-order valence-corrected chi connectivity index (χ0v) is 9.08. The summed E-state index contributed by atoms with van der Waals surface area (Å²) in [5.74, 6) is -1.65. The lowest BCUT2D eigenvalue weighted by molar-refractivity contribution is 0.0656. The van der Waals surface area contributed by atoms with Crippen LogP contribution >= 0.6 is 0 Å². The third-order valence-electron chi connectivity index (χ3n) is 1.87. The molecule has 1 N–H and O–H groups in total. The smallest absolute Gasteiger partial charge is 0.371 e. The fourth-order valence-corrected chi connectivity index (χ4v) is 2.40. The molecule has 0 unspecified atom stereocenters. The summed E-state index contributed by atoms with van der Waals surface area (Å²) in [6.07, 6.45) is 1.29. The van der Waals surface area contributed by atoms with Crippen LogP contribution in [0.25, 0.3) is 0 Å². The molecule has 0 amide bonds. The highest BCUT2D eigenvalue weighted by molar-refractivity contribution is 7.91. The predicted molar refractivity (Wildman–Crippen MR) is 52.6 cm³/mol. The van der Waals surface area contributed by atoms with Gasteiger partial charge in [0, 0.05) is 0 Å². The number of furan rings is 1. The van der Waals surface area contributed by atoms with Crippen LogP contribution in [0.2, 0.25) is 0 Å². The maximum Gasteiger partial charge on any atom is 0.371 e. The summed E-state index contributed by atoms with van der Waals surface area (Å²) in [7, 11) is -3.47. The highest BCUT2D eigenvalue weighted by Crippen LogP contribution is 2.16. The molecule has 1 heterocycles. The second-order valence-corrected chi connectivity index (χ2v) is 5.14. The standard InChI is InChI=1S/C9H12O5S/c1-2-3-6-15(12,13)8-5-4-7(14-8)9(10)11/h4-5H,2-3,6H2,1H3,(H,10,11). The Morgan fingerprint density at radius 2 is 2.13 bits per heavy atom. The molecular formula is C9H12O5S. The van der Waals surface area contributed by atoms with Crippen molar-refractivity contribution in [3.8, 4) is 0 Å². The molecule has 1 aromatic heterocycles. The Kier molecular flexibility index (Phi) is 3.52. The summed E-state index contributed by atoms with van der Waals surface area (Å²) in [6, 6.07) is 2.32. The largest absolute Gasteiger partial charge is 0.475 e. The lowest BCUT2D eigenvalue weighted by atomic mass is 10.4. The van der Waals surface area contributed by atoms with Crippen molar-refractivity contribution in [1.29, 1.82) is 0 Å². The van der Waals surface area contributed by atoms with Gasteiger partial charge in [-0.05, 0) is 18.6 Å². The van der Waals surface area contributed by atoms with E-state index in [1.54, 1.807) is 0 Å². The van der Waals surface area contributed by atoms with Gasteiger partial charge in [-0.25, -0.2) is 13.2 Å². The first-order valence-corrected chi connectivity index (χ1v) is 6.18. The number of carboxylic acid groups (broad SMARTS) is 1. The summed E-state index contributed by atoms with van der Waals surface area (Å²) >= 11 is 0. The quantitative estimate of drug-likeness (QED) is 0.832. The number of rotatable bonds is 5. The monoisotopic (exact) mass is 232 g/mol. The maximum atomic E-state index is 11.5. The van der Waals surface area contributed by atoms with Crippen LogP contribution in [0.15, 0.2) is 21.6 Å². The van der Waals surface area contributed by atoms with Gasteiger partial charge >= 0.3 is 5.97 Å². The molecule has 0 aliphatic carbocycles. The van der Waals surface area contributed by atoms with Gasteiger partial charge in [0.2, 0.25) is 20.7 Å². The van der Waals surface area contributed by atoms with E-state index in [0.717, 1.165) is 12.5 Å². The van der Waals surface area contributed by atoms with E-state index in [-0.39, 0.29) is 16.6 Å². The highest BCUT2D eigenvalue weighted by atomic mass is 32.2. The SMILES string of the molecule is CCCCS(=O)(=O)c1ccc(C(=O)O)o1. The molecule has 6 heteroatoms. The molecule has 0 aromatic carbocycles. The van der Waals surface area contributed by atoms with Crippen molar-refractivity contribution in [1.82, 2.24) is 0 Å². The first-order valence-electron chi connectivity index (χ1n) is 4.53. The number of sulfone groups is 1. The molecule has 0 atom stereocenters. The Labute approximate surface area is 87.6 Å². The molecule has 0 spiro atoms. The molecule has 1 rings (SSSR count). The minimum atomic E-state index is -3.47. The van der Waals surface area contributed by atoms with Crippen LogP contribution in [0.5, 0.6) is 0 Å². The second kappa shape index (κ2) is 4.48. The Morgan fingerprint density at radius 1 is 1.47 bits per heavy atom. The zero-order chi connectivity index (χ0) is 11.5. The fourth-order valence-electron chi connectivity index (χ4n) is 1.04. The lowest BCUT2D eigenvalue weighted by Crippen LogP contribution is -2.05. The molecule has 0 saturated heterocycles. The molecule has 1 aromatic rings. The average Bonchev–Trinajstić information content (AvgIpc) is 2.64. The van der Waals surface area contributed by atoms with Crippen molar-refractivity contribution in [2.45, 2.75) is 24.9 Å². The topological polar surface area (TPSA) is 84.6 Å². The van der Waals surface area contributed by atoms with E-state index < -0.39 is 15.8 Å². The van der Waals surface area contributed by atoms with Gasteiger partial charge in [-0.3, -0.25) is 0 Å². The Balaban J connectivity index is 2.91. The first-order chi connectivity index (χ1) is 6.97. The van der Waals surface area contributed by atoms with E-state index in [2.05, 4.69) is 0 Å². The van der Waals surface area contributed by atoms with Crippen LogP contribution in [0.3, 0.4) is 0 Å². The molecule has 15 heavy (non-hydrogen) atoms. The Hall–Kier alpha value is -1.30. The summed E-state index contributed by atoms with van der Waals surface area (Å²) < 4.78 is 27.8. The van der Waals surface area contributed by atoms with Crippen LogP contribution in [-0.4, -0.2) is 25.2 Å². The first kappa shape index (κ1) is 11.8. The fraction of sp³-hybridized carbons (Fsp3) is 0.444. The molecule has 84 valence electrons. The number of aromatic carboxylic acids is 1. The minimum Gasteiger partial charge on any atom is -0.475 e. The zero-order valence-electron chi connectivity index (χ0n) is 8.26. The lowest BCUT2D eigenvalue weighted by Gasteiger charge is -1.98. The summed E-state index contributed by atoms with van der Waals surface area (Å²) in [5.41, 5.74) is 0. The van der Waals surface area contributed by atoms with Gasteiger partial charge in [0.05, 0.1) is 5.75 Å². The Bertz CT molecular complexity index is 443. The summed E-state index contributed by atoms with van der Waals surface area (Å²) in [4.78, 5) is 10.5. The van der Waals surface area contributed by atoms with Gasteiger partial charge in [0.1, 0.15) is 0 Å². The van der Waals surface area contributed by atoms with Crippen molar-refractivity contribution in [2.24, 2.45) is 0 Å². The van der Waals surface area contributed by atoms with E-state index in [9.17, 15) is 13.2 Å².